The molecule has 1 aromatic heterocycles. The zero-order valence-electron chi connectivity index (χ0n) is 14.4. The normalized spacial score (nSPS) is 16.2. The summed E-state index contributed by atoms with van der Waals surface area (Å²) in [6.45, 7) is 3.62. The summed E-state index contributed by atoms with van der Waals surface area (Å²) >= 11 is 0. The van der Waals surface area contributed by atoms with Crippen molar-refractivity contribution in [1.29, 1.82) is 0 Å². The fourth-order valence-corrected chi connectivity index (χ4v) is 2.95. The number of benzene rings is 1. The number of methoxy groups -OCH3 is 1. The number of carbonyl (C=O) groups is 1. The van der Waals surface area contributed by atoms with Crippen LogP contribution in [0.1, 0.15) is 22.1 Å². The average Bonchev–Trinajstić information content (AvgIpc) is 2.70. The van der Waals surface area contributed by atoms with Crippen LogP contribution in [0.2, 0.25) is 0 Å². The van der Waals surface area contributed by atoms with Crippen LogP contribution in [0, 0.1) is 0 Å². The van der Waals surface area contributed by atoms with E-state index < -0.39 is 0 Å². The van der Waals surface area contributed by atoms with Crippen LogP contribution in [0.3, 0.4) is 0 Å². The maximum absolute atomic E-state index is 12.3. The standard InChI is InChI=1S/C19H23N3O3/c1-24-16-7-5-15(6-8-16)18(22-10-12-25-13-11-22)14-21-19(23)17-4-2-3-9-20-17/h2-9,18H,10-14H2,1H3,(H,21,23)/t18-/m1/s1. The lowest BCUT2D eigenvalue weighted by Crippen LogP contribution is -2.43. The molecule has 0 unspecified atom stereocenters. The Morgan fingerprint density at radius 3 is 2.64 bits per heavy atom. The molecule has 1 atom stereocenters. The summed E-state index contributed by atoms with van der Waals surface area (Å²) in [4.78, 5) is 18.8. The van der Waals surface area contributed by atoms with Crippen molar-refractivity contribution >= 4 is 5.91 Å². The summed E-state index contributed by atoms with van der Waals surface area (Å²) in [6, 6.07) is 13.4. The van der Waals surface area contributed by atoms with E-state index in [-0.39, 0.29) is 11.9 Å². The van der Waals surface area contributed by atoms with Gasteiger partial charge in [-0.3, -0.25) is 14.7 Å². The number of morpholine rings is 1. The van der Waals surface area contributed by atoms with Crippen LogP contribution < -0.4 is 10.1 Å². The fraction of sp³-hybridized carbons (Fsp3) is 0.368. The van der Waals surface area contributed by atoms with Gasteiger partial charge in [-0.25, -0.2) is 0 Å². The molecular weight excluding hydrogens is 318 g/mol. The van der Waals surface area contributed by atoms with Crippen LogP contribution >= 0.6 is 0 Å². The van der Waals surface area contributed by atoms with Crippen molar-refractivity contribution < 1.29 is 14.3 Å². The van der Waals surface area contributed by atoms with E-state index in [4.69, 9.17) is 9.47 Å². The summed E-state index contributed by atoms with van der Waals surface area (Å²) in [7, 11) is 1.65. The van der Waals surface area contributed by atoms with Crippen LogP contribution in [0.15, 0.2) is 48.7 Å². The molecule has 6 nitrogen and oxygen atoms in total. The Kier molecular flexibility index (Phi) is 5.98. The number of amides is 1. The Balaban J connectivity index is 1.72. The molecular formula is C19H23N3O3. The van der Waals surface area contributed by atoms with E-state index >= 15 is 0 Å². The number of ether oxygens (including phenoxy) is 2. The summed E-state index contributed by atoms with van der Waals surface area (Å²) in [6.07, 6.45) is 1.62. The summed E-state index contributed by atoms with van der Waals surface area (Å²) in [5, 5.41) is 3.01. The SMILES string of the molecule is COc1ccc([C@@H](CNC(=O)c2ccccn2)N2CCOCC2)cc1. The minimum Gasteiger partial charge on any atom is -0.497 e. The maximum Gasteiger partial charge on any atom is 0.269 e. The van der Waals surface area contributed by atoms with Gasteiger partial charge in [-0.1, -0.05) is 18.2 Å². The molecule has 0 radical (unpaired) electrons. The average molecular weight is 341 g/mol. The summed E-state index contributed by atoms with van der Waals surface area (Å²) in [5.41, 5.74) is 1.57. The molecule has 0 spiro atoms. The highest BCUT2D eigenvalue weighted by Gasteiger charge is 2.23. The highest BCUT2D eigenvalue weighted by molar-refractivity contribution is 5.92. The number of nitrogens with one attached hydrogen (secondary N) is 1. The second-order valence-corrected chi connectivity index (χ2v) is 5.86. The Labute approximate surface area is 147 Å². The molecule has 6 heteroatoms. The first-order valence-electron chi connectivity index (χ1n) is 8.43. The second kappa shape index (κ2) is 8.60. The monoisotopic (exact) mass is 341 g/mol. The summed E-state index contributed by atoms with van der Waals surface area (Å²) in [5.74, 6) is 0.661. The second-order valence-electron chi connectivity index (χ2n) is 5.86. The number of rotatable bonds is 6. The molecule has 0 bridgehead atoms. The summed E-state index contributed by atoms with van der Waals surface area (Å²) < 4.78 is 10.7. The molecule has 0 saturated carbocycles. The lowest BCUT2D eigenvalue weighted by Gasteiger charge is -2.35. The Bertz CT molecular complexity index is 670. The van der Waals surface area contributed by atoms with Crippen molar-refractivity contribution in [2.24, 2.45) is 0 Å². The lowest BCUT2D eigenvalue weighted by molar-refractivity contribution is 0.0162. The Hall–Kier alpha value is -2.44. The molecule has 2 aromatic rings. The van der Waals surface area contributed by atoms with Gasteiger partial charge in [-0.15, -0.1) is 0 Å². The van der Waals surface area contributed by atoms with Gasteiger partial charge in [0, 0.05) is 25.8 Å². The topological polar surface area (TPSA) is 63.7 Å². The number of aromatic nitrogens is 1. The molecule has 1 aromatic carbocycles. The van der Waals surface area contributed by atoms with E-state index in [9.17, 15) is 4.79 Å². The molecule has 1 aliphatic rings. The van der Waals surface area contributed by atoms with E-state index in [1.54, 1.807) is 25.4 Å². The van der Waals surface area contributed by atoms with E-state index in [2.05, 4.69) is 15.2 Å². The molecule has 2 heterocycles. The van der Waals surface area contributed by atoms with Gasteiger partial charge >= 0.3 is 0 Å². The largest absolute Gasteiger partial charge is 0.497 e. The van der Waals surface area contributed by atoms with E-state index in [1.807, 2.05) is 30.3 Å². The van der Waals surface area contributed by atoms with Gasteiger partial charge < -0.3 is 14.8 Å². The van der Waals surface area contributed by atoms with Gasteiger partial charge in [0.05, 0.1) is 26.4 Å². The van der Waals surface area contributed by atoms with Crippen LogP contribution in [0.4, 0.5) is 0 Å². The Morgan fingerprint density at radius 2 is 2.00 bits per heavy atom. The van der Waals surface area contributed by atoms with Crippen molar-refractivity contribution in [3.8, 4) is 5.75 Å². The van der Waals surface area contributed by atoms with Crippen LogP contribution in [0.25, 0.3) is 0 Å². The highest BCUT2D eigenvalue weighted by atomic mass is 16.5. The Morgan fingerprint density at radius 1 is 1.24 bits per heavy atom. The minimum absolute atomic E-state index is 0.0856. The zero-order chi connectivity index (χ0) is 17.5. The minimum atomic E-state index is -0.160. The van der Waals surface area contributed by atoms with Crippen molar-refractivity contribution in [2.75, 3.05) is 40.0 Å². The van der Waals surface area contributed by atoms with E-state index in [0.29, 0.717) is 25.5 Å². The maximum atomic E-state index is 12.3. The first kappa shape index (κ1) is 17.4. The fourth-order valence-electron chi connectivity index (χ4n) is 2.95. The van der Waals surface area contributed by atoms with Gasteiger partial charge in [-0.2, -0.15) is 0 Å². The predicted molar refractivity (Wildman–Crippen MR) is 94.7 cm³/mol. The van der Waals surface area contributed by atoms with E-state index in [0.717, 1.165) is 24.4 Å². The van der Waals surface area contributed by atoms with Crippen molar-refractivity contribution in [3.05, 3.63) is 59.9 Å². The smallest absolute Gasteiger partial charge is 0.269 e. The molecule has 0 aliphatic carbocycles. The number of hydrogen-bond donors (Lipinski definition) is 1. The third-order valence-electron chi connectivity index (χ3n) is 4.34. The first-order chi connectivity index (χ1) is 12.3. The quantitative estimate of drug-likeness (QED) is 0.869. The molecule has 1 saturated heterocycles. The lowest BCUT2D eigenvalue weighted by atomic mass is 10.0. The molecule has 3 rings (SSSR count). The van der Waals surface area contributed by atoms with Gasteiger partial charge in [0.1, 0.15) is 11.4 Å². The zero-order valence-corrected chi connectivity index (χ0v) is 14.4. The number of pyridine rings is 1. The molecule has 132 valence electrons. The van der Waals surface area contributed by atoms with Gasteiger partial charge in [0.2, 0.25) is 0 Å². The third kappa shape index (κ3) is 4.55. The van der Waals surface area contributed by atoms with Crippen LogP contribution in [-0.4, -0.2) is 55.7 Å². The molecule has 1 aliphatic heterocycles. The van der Waals surface area contributed by atoms with Crippen LogP contribution in [-0.2, 0) is 4.74 Å². The molecule has 1 amide bonds. The number of carbonyl (C=O) groups excluding carboxylic acids is 1. The number of hydrogen-bond acceptors (Lipinski definition) is 5. The first-order valence-corrected chi connectivity index (χ1v) is 8.43. The molecule has 1 fully saturated rings. The van der Waals surface area contributed by atoms with Crippen molar-refractivity contribution in [2.45, 2.75) is 6.04 Å². The van der Waals surface area contributed by atoms with Gasteiger partial charge in [-0.05, 0) is 29.8 Å². The third-order valence-corrected chi connectivity index (χ3v) is 4.34. The molecule has 1 N–H and O–H groups in total. The van der Waals surface area contributed by atoms with E-state index in [1.165, 1.54) is 0 Å². The van der Waals surface area contributed by atoms with Crippen molar-refractivity contribution in [3.63, 3.8) is 0 Å². The van der Waals surface area contributed by atoms with Crippen molar-refractivity contribution in [1.82, 2.24) is 15.2 Å². The highest BCUT2D eigenvalue weighted by Crippen LogP contribution is 2.23. The van der Waals surface area contributed by atoms with Gasteiger partial charge in [0.15, 0.2) is 0 Å². The predicted octanol–water partition coefficient (Wildman–Crippen LogP) is 1.89. The van der Waals surface area contributed by atoms with Crippen LogP contribution in [0.5, 0.6) is 5.75 Å². The van der Waals surface area contributed by atoms with Gasteiger partial charge in [0.25, 0.3) is 5.91 Å². The number of nitrogens with zero attached hydrogens (tertiary/aromatic N) is 2. The molecule has 25 heavy (non-hydrogen) atoms.